The number of fused-ring (bicyclic) bond motifs is 1. The van der Waals surface area contributed by atoms with Gasteiger partial charge in [-0.3, -0.25) is 0 Å². The van der Waals surface area contributed by atoms with Crippen LogP contribution in [-0.4, -0.2) is 19.3 Å². The summed E-state index contributed by atoms with van der Waals surface area (Å²) in [6.45, 7) is 2.48. The van der Waals surface area contributed by atoms with E-state index in [9.17, 15) is 13.7 Å². The second-order valence-corrected chi connectivity index (χ2v) is 10.9. The molecule has 0 aliphatic heterocycles. The van der Waals surface area contributed by atoms with Gasteiger partial charge in [-0.2, -0.15) is 9.57 Å². The minimum absolute atomic E-state index is 0.234. The van der Waals surface area contributed by atoms with Crippen LogP contribution < -0.4 is 0 Å². The molecule has 4 aromatic carbocycles. The Morgan fingerprint density at radius 3 is 2.35 bits per heavy atom. The third-order valence-electron chi connectivity index (χ3n) is 6.54. The van der Waals surface area contributed by atoms with E-state index in [2.05, 4.69) is 6.07 Å². The zero-order valence-electron chi connectivity index (χ0n) is 20.5. The van der Waals surface area contributed by atoms with Crippen molar-refractivity contribution in [2.75, 3.05) is 6.54 Å². The lowest BCUT2D eigenvalue weighted by atomic mass is 9.99. The lowest BCUT2D eigenvalue weighted by molar-refractivity contribution is 0.409. The lowest BCUT2D eigenvalue weighted by Gasteiger charge is -2.23. The van der Waals surface area contributed by atoms with Gasteiger partial charge in [0.2, 0.25) is 10.0 Å². The zero-order chi connectivity index (χ0) is 25.8. The first-order valence-electron chi connectivity index (χ1n) is 12.1. The monoisotopic (exact) mass is 506 g/mol. The van der Waals surface area contributed by atoms with Crippen LogP contribution in [0.2, 0.25) is 0 Å². The van der Waals surface area contributed by atoms with Crippen LogP contribution in [0.5, 0.6) is 0 Å². The fourth-order valence-corrected chi connectivity index (χ4v) is 5.91. The molecule has 184 valence electrons. The minimum Gasteiger partial charge on any atom is -0.464 e. The largest absolute Gasteiger partial charge is 0.464 e. The van der Waals surface area contributed by atoms with E-state index in [1.54, 1.807) is 30.5 Å². The van der Waals surface area contributed by atoms with E-state index in [4.69, 9.17) is 4.42 Å². The molecule has 0 fully saturated rings. The first-order valence-corrected chi connectivity index (χ1v) is 13.5. The number of furan rings is 1. The predicted octanol–water partition coefficient (Wildman–Crippen LogP) is 6.71. The van der Waals surface area contributed by atoms with E-state index < -0.39 is 10.0 Å². The maximum atomic E-state index is 13.9. The minimum atomic E-state index is -3.78. The summed E-state index contributed by atoms with van der Waals surface area (Å²) in [6.07, 6.45) is 2.24. The van der Waals surface area contributed by atoms with Crippen molar-refractivity contribution in [2.45, 2.75) is 24.8 Å². The second-order valence-electron chi connectivity index (χ2n) is 9.01. The Balaban J connectivity index is 1.46. The van der Waals surface area contributed by atoms with E-state index in [1.165, 1.54) is 4.31 Å². The Morgan fingerprint density at radius 2 is 1.59 bits per heavy atom. The number of sulfonamides is 1. The highest BCUT2D eigenvalue weighted by molar-refractivity contribution is 7.89. The maximum Gasteiger partial charge on any atom is 0.243 e. The number of nitrogens with zero attached hydrogens (tertiary/aromatic N) is 2. The SMILES string of the molecule is Cc1coc2ccc(S(=O)(=O)N(CCc3ccccc3)Cc3ccc(-c4ccccc4C#N)cc3)cc12. The smallest absolute Gasteiger partial charge is 0.243 e. The van der Waals surface area contributed by atoms with E-state index in [0.29, 0.717) is 24.1 Å². The van der Waals surface area contributed by atoms with Gasteiger partial charge in [-0.05, 0) is 65.4 Å². The highest BCUT2D eigenvalue weighted by Gasteiger charge is 2.25. The topological polar surface area (TPSA) is 74.3 Å². The third kappa shape index (κ3) is 5.19. The van der Waals surface area contributed by atoms with E-state index in [0.717, 1.165) is 33.2 Å². The zero-order valence-corrected chi connectivity index (χ0v) is 21.3. The van der Waals surface area contributed by atoms with Crippen LogP contribution in [0.25, 0.3) is 22.1 Å². The lowest BCUT2D eigenvalue weighted by Crippen LogP contribution is -2.32. The van der Waals surface area contributed by atoms with Crippen LogP contribution in [0.3, 0.4) is 0 Å². The van der Waals surface area contributed by atoms with Gasteiger partial charge < -0.3 is 4.42 Å². The molecule has 37 heavy (non-hydrogen) atoms. The number of hydrogen-bond acceptors (Lipinski definition) is 4. The summed E-state index contributed by atoms with van der Waals surface area (Å²) in [7, 11) is -3.78. The van der Waals surface area contributed by atoms with Crippen LogP contribution in [0, 0.1) is 18.3 Å². The quantitative estimate of drug-likeness (QED) is 0.234. The van der Waals surface area contributed by atoms with E-state index in [-0.39, 0.29) is 11.4 Å². The number of aryl methyl sites for hydroxylation is 1. The molecule has 0 saturated heterocycles. The van der Waals surface area contributed by atoms with Gasteiger partial charge in [0.15, 0.2) is 0 Å². The van der Waals surface area contributed by atoms with Gasteiger partial charge in [-0.15, -0.1) is 0 Å². The molecule has 0 aliphatic rings. The molecule has 0 saturated carbocycles. The molecule has 6 heteroatoms. The first kappa shape index (κ1) is 24.5. The van der Waals surface area contributed by atoms with Gasteiger partial charge in [0.25, 0.3) is 0 Å². The Bertz CT molecular complexity index is 1680. The van der Waals surface area contributed by atoms with Gasteiger partial charge in [0, 0.05) is 18.5 Å². The molecule has 0 bridgehead atoms. The summed E-state index contributed by atoms with van der Waals surface area (Å²) in [5.41, 5.74) is 5.89. The van der Waals surface area contributed by atoms with Crippen molar-refractivity contribution >= 4 is 21.0 Å². The third-order valence-corrected chi connectivity index (χ3v) is 8.38. The number of nitriles is 1. The van der Waals surface area contributed by atoms with Gasteiger partial charge in [0.1, 0.15) is 5.58 Å². The van der Waals surface area contributed by atoms with Gasteiger partial charge >= 0.3 is 0 Å². The van der Waals surface area contributed by atoms with Crippen molar-refractivity contribution in [2.24, 2.45) is 0 Å². The molecular formula is C31H26N2O3S. The second kappa shape index (κ2) is 10.4. The predicted molar refractivity (Wildman–Crippen MR) is 145 cm³/mol. The van der Waals surface area contributed by atoms with Gasteiger partial charge in [-0.1, -0.05) is 72.8 Å². The summed E-state index contributed by atoms with van der Waals surface area (Å²) < 4.78 is 34.8. The van der Waals surface area contributed by atoms with Gasteiger partial charge in [-0.25, -0.2) is 8.42 Å². The van der Waals surface area contributed by atoms with Crippen LogP contribution in [-0.2, 0) is 23.0 Å². The average molecular weight is 507 g/mol. The van der Waals surface area contributed by atoms with Crippen molar-refractivity contribution in [3.63, 3.8) is 0 Å². The molecule has 0 N–H and O–H groups in total. The molecule has 0 spiro atoms. The molecule has 0 unspecified atom stereocenters. The average Bonchev–Trinajstić information content (AvgIpc) is 3.31. The Labute approximate surface area is 217 Å². The first-order chi connectivity index (χ1) is 18.0. The van der Waals surface area contributed by atoms with Crippen LogP contribution in [0.4, 0.5) is 0 Å². The normalized spacial score (nSPS) is 11.6. The van der Waals surface area contributed by atoms with Crippen molar-refractivity contribution < 1.29 is 12.8 Å². The molecule has 1 aromatic heterocycles. The Hall–Kier alpha value is -4.18. The van der Waals surface area contributed by atoms with Crippen molar-refractivity contribution in [1.29, 1.82) is 5.26 Å². The van der Waals surface area contributed by atoms with Crippen LogP contribution >= 0.6 is 0 Å². The van der Waals surface area contributed by atoms with Crippen molar-refractivity contribution in [1.82, 2.24) is 4.31 Å². The molecule has 5 rings (SSSR count). The summed E-state index contributed by atoms with van der Waals surface area (Å²) >= 11 is 0. The molecule has 5 aromatic rings. The molecular weight excluding hydrogens is 480 g/mol. The number of hydrogen-bond donors (Lipinski definition) is 0. The van der Waals surface area contributed by atoms with Crippen molar-refractivity contribution in [3.05, 3.63) is 126 Å². The van der Waals surface area contributed by atoms with E-state index in [1.807, 2.05) is 79.7 Å². The molecule has 0 radical (unpaired) electrons. The summed E-state index contributed by atoms with van der Waals surface area (Å²) in [6, 6.07) is 32.3. The molecule has 0 atom stereocenters. The highest BCUT2D eigenvalue weighted by Crippen LogP contribution is 2.28. The van der Waals surface area contributed by atoms with Crippen LogP contribution in [0.15, 0.2) is 113 Å². The fraction of sp³-hybridized carbons (Fsp3) is 0.129. The summed E-state index contributed by atoms with van der Waals surface area (Å²) in [5.74, 6) is 0. The standard InChI is InChI=1S/C31H26N2O3S/c1-23-22-36-31-16-15-28(19-30(23)31)37(34,35)33(18-17-24-7-3-2-4-8-24)21-25-11-13-26(14-12-25)29-10-6-5-9-27(29)20-32/h2-16,19,22H,17-18,21H2,1H3. The van der Waals surface area contributed by atoms with E-state index >= 15 is 0 Å². The molecule has 5 nitrogen and oxygen atoms in total. The maximum absolute atomic E-state index is 13.9. The van der Waals surface area contributed by atoms with Crippen LogP contribution in [0.1, 0.15) is 22.3 Å². The highest BCUT2D eigenvalue weighted by atomic mass is 32.2. The van der Waals surface area contributed by atoms with Crippen molar-refractivity contribution in [3.8, 4) is 17.2 Å². The molecule has 0 aliphatic carbocycles. The number of rotatable bonds is 8. The Morgan fingerprint density at radius 1 is 0.865 bits per heavy atom. The number of benzene rings is 4. The Kier molecular flexibility index (Phi) is 6.91. The fourth-order valence-electron chi connectivity index (χ4n) is 4.45. The summed E-state index contributed by atoms with van der Waals surface area (Å²) in [4.78, 5) is 0.247. The summed E-state index contributed by atoms with van der Waals surface area (Å²) in [5, 5.41) is 10.2. The molecule has 0 amide bonds. The molecule has 1 heterocycles. The van der Waals surface area contributed by atoms with Gasteiger partial charge in [0.05, 0.1) is 22.8 Å².